The number of nitrogens with one attached hydrogen (secondary N) is 2. The number of nitrogens with zero attached hydrogens (tertiary/aromatic N) is 2. The molecular formula is C20H18N4O3. The number of pyridine rings is 2. The van der Waals surface area contributed by atoms with Crippen LogP contribution in [0, 0.1) is 0 Å². The van der Waals surface area contributed by atoms with Crippen LogP contribution in [0.3, 0.4) is 0 Å². The van der Waals surface area contributed by atoms with Crippen molar-refractivity contribution in [3.63, 3.8) is 0 Å². The normalized spacial score (nSPS) is 10.1. The highest BCUT2D eigenvalue weighted by Gasteiger charge is 2.11. The predicted molar refractivity (Wildman–Crippen MR) is 102 cm³/mol. The average molecular weight is 362 g/mol. The van der Waals surface area contributed by atoms with Crippen molar-refractivity contribution in [1.29, 1.82) is 0 Å². The first-order valence-corrected chi connectivity index (χ1v) is 8.39. The second-order valence-corrected chi connectivity index (χ2v) is 5.49. The van der Waals surface area contributed by atoms with Gasteiger partial charge in [-0.15, -0.1) is 0 Å². The van der Waals surface area contributed by atoms with E-state index in [1.165, 1.54) is 0 Å². The van der Waals surface area contributed by atoms with Gasteiger partial charge in [-0.25, -0.2) is 9.78 Å². The molecule has 2 heterocycles. The fourth-order valence-corrected chi connectivity index (χ4v) is 2.33. The minimum absolute atomic E-state index is 0.311. The van der Waals surface area contributed by atoms with Crippen molar-refractivity contribution in [2.75, 3.05) is 17.2 Å². The summed E-state index contributed by atoms with van der Waals surface area (Å²) in [5.74, 6) is -0.222. The molecule has 0 aliphatic heterocycles. The molecule has 27 heavy (non-hydrogen) atoms. The van der Waals surface area contributed by atoms with Gasteiger partial charge in [0.2, 0.25) is 0 Å². The first kappa shape index (κ1) is 18.1. The van der Waals surface area contributed by atoms with Crippen LogP contribution >= 0.6 is 0 Å². The summed E-state index contributed by atoms with van der Waals surface area (Å²) in [4.78, 5) is 32.3. The lowest BCUT2D eigenvalue weighted by molar-refractivity contribution is 0.0526. The summed E-state index contributed by atoms with van der Waals surface area (Å²) < 4.78 is 4.97. The summed E-state index contributed by atoms with van der Waals surface area (Å²) in [5.41, 5.74) is 2.01. The van der Waals surface area contributed by atoms with Crippen molar-refractivity contribution < 1.29 is 14.3 Å². The minimum Gasteiger partial charge on any atom is -0.462 e. The molecule has 1 aromatic carbocycles. The Morgan fingerprint density at radius 3 is 2.44 bits per heavy atom. The van der Waals surface area contributed by atoms with Gasteiger partial charge in [-0.2, -0.15) is 0 Å². The molecule has 0 unspecified atom stereocenters. The van der Waals surface area contributed by atoms with Crippen molar-refractivity contribution in [2.45, 2.75) is 6.92 Å². The fourth-order valence-electron chi connectivity index (χ4n) is 2.33. The van der Waals surface area contributed by atoms with Gasteiger partial charge in [0.1, 0.15) is 5.69 Å². The maximum absolute atomic E-state index is 12.3. The molecule has 136 valence electrons. The highest BCUT2D eigenvalue weighted by molar-refractivity contribution is 6.04. The second-order valence-electron chi connectivity index (χ2n) is 5.49. The van der Waals surface area contributed by atoms with E-state index in [-0.39, 0.29) is 11.9 Å². The lowest BCUT2D eigenvalue weighted by atomic mass is 10.2. The van der Waals surface area contributed by atoms with Crippen LogP contribution in [0.5, 0.6) is 0 Å². The van der Waals surface area contributed by atoms with Crippen LogP contribution in [0.1, 0.15) is 27.8 Å². The zero-order chi connectivity index (χ0) is 19.1. The lowest BCUT2D eigenvalue weighted by Crippen LogP contribution is -2.14. The maximum Gasteiger partial charge on any atom is 0.338 e. The molecule has 0 saturated heterocycles. The third-order valence-electron chi connectivity index (χ3n) is 3.61. The van der Waals surface area contributed by atoms with Crippen LogP contribution in [0.4, 0.5) is 17.2 Å². The quantitative estimate of drug-likeness (QED) is 0.650. The third kappa shape index (κ3) is 4.66. The topological polar surface area (TPSA) is 93.2 Å². The Balaban J connectivity index is 1.74. The fraction of sp³-hybridized carbons (Fsp3) is 0.100. The van der Waals surface area contributed by atoms with E-state index in [9.17, 15) is 9.59 Å². The lowest BCUT2D eigenvalue weighted by Gasteiger charge is -2.12. The van der Waals surface area contributed by atoms with Crippen molar-refractivity contribution in [2.24, 2.45) is 0 Å². The summed E-state index contributed by atoms with van der Waals surface area (Å²) in [5, 5.41) is 5.92. The number of anilines is 3. The van der Waals surface area contributed by atoms with Crippen LogP contribution in [0.2, 0.25) is 0 Å². The standard InChI is InChI=1S/C20H18N4O3/c1-2-27-20(26)14-8-10-15(11-9-14)23-18-16(7-5-13-22-18)24-19(25)17-6-3-4-12-21-17/h3-13H,2H2,1H3,(H,22,23)(H,24,25). The van der Waals surface area contributed by atoms with Crippen LogP contribution in [0.15, 0.2) is 67.0 Å². The number of hydrogen-bond acceptors (Lipinski definition) is 6. The molecule has 3 aromatic rings. The summed E-state index contributed by atoms with van der Waals surface area (Å²) in [6.07, 6.45) is 3.17. The van der Waals surface area contributed by atoms with Gasteiger partial charge in [0.25, 0.3) is 5.91 Å². The Hall–Kier alpha value is -3.74. The largest absolute Gasteiger partial charge is 0.462 e. The molecule has 0 radical (unpaired) electrons. The molecule has 0 spiro atoms. The number of amides is 1. The molecule has 0 fully saturated rings. The van der Waals surface area contributed by atoms with E-state index < -0.39 is 0 Å². The van der Waals surface area contributed by atoms with E-state index in [2.05, 4.69) is 20.6 Å². The Bertz CT molecular complexity index is 927. The monoisotopic (exact) mass is 362 g/mol. The predicted octanol–water partition coefficient (Wildman–Crippen LogP) is 3.65. The number of carbonyl (C=O) groups is 2. The van der Waals surface area contributed by atoms with Crippen molar-refractivity contribution >= 4 is 29.1 Å². The van der Waals surface area contributed by atoms with Gasteiger partial charge in [-0.1, -0.05) is 6.07 Å². The molecule has 1 amide bonds. The second kappa shape index (κ2) is 8.57. The number of aromatic nitrogens is 2. The van der Waals surface area contributed by atoms with Crippen LogP contribution < -0.4 is 10.6 Å². The molecule has 0 aliphatic rings. The Morgan fingerprint density at radius 1 is 0.963 bits per heavy atom. The van der Waals surface area contributed by atoms with E-state index in [4.69, 9.17) is 4.74 Å². The molecule has 7 heteroatoms. The van der Waals surface area contributed by atoms with E-state index in [0.29, 0.717) is 29.4 Å². The zero-order valence-electron chi connectivity index (χ0n) is 14.7. The number of benzene rings is 1. The van der Waals surface area contributed by atoms with Crippen LogP contribution in [-0.2, 0) is 4.74 Å². The first-order chi connectivity index (χ1) is 13.2. The number of carbonyl (C=O) groups excluding carboxylic acids is 2. The average Bonchev–Trinajstić information content (AvgIpc) is 2.71. The van der Waals surface area contributed by atoms with Crippen molar-refractivity contribution in [3.8, 4) is 0 Å². The van der Waals surface area contributed by atoms with E-state index >= 15 is 0 Å². The Morgan fingerprint density at radius 2 is 1.74 bits per heavy atom. The minimum atomic E-state index is -0.370. The summed E-state index contributed by atoms with van der Waals surface area (Å²) in [6, 6.07) is 15.4. The molecule has 0 aliphatic carbocycles. The number of esters is 1. The Labute approximate surface area is 156 Å². The van der Waals surface area contributed by atoms with Gasteiger partial charge in [-0.3, -0.25) is 9.78 Å². The van der Waals surface area contributed by atoms with Gasteiger partial charge in [-0.05, 0) is 55.5 Å². The molecule has 2 aromatic heterocycles. The van der Waals surface area contributed by atoms with Crippen molar-refractivity contribution in [1.82, 2.24) is 9.97 Å². The summed E-state index contributed by atoms with van der Waals surface area (Å²) >= 11 is 0. The van der Waals surface area contributed by atoms with Crippen LogP contribution in [0.25, 0.3) is 0 Å². The number of hydrogen-bond donors (Lipinski definition) is 2. The first-order valence-electron chi connectivity index (χ1n) is 8.39. The number of ether oxygens (including phenoxy) is 1. The summed E-state index contributed by atoms with van der Waals surface area (Å²) in [7, 11) is 0. The molecular weight excluding hydrogens is 344 g/mol. The highest BCUT2D eigenvalue weighted by Crippen LogP contribution is 2.23. The molecule has 0 atom stereocenters. The molecule has 0 bridgehead atoms. The van der Waals surface area contributed by atoms with Gasteiger partial charge in [0.05, 0.1) is 17.9 Å². The van der Waals surface area contributed by atoms with Gasteiger partial charge in [0, 0.05) is 18.1 Å². The summed E-state index contributed by atoms with van der Waals surface area (Å²) in [6.45, 7) is 2.09. The third-order valence-corrected chi connectivity index (χ3v) is 3.61. The number of rotatable bonds is 6. The maximum atomic E-state index is 12.3. The molecule has 2 N–H and O–H groups in total. The van der Waals surface area contributed by atoms with Gasteiger partial charge in [0.15, 0.2) is 5.82 Å². The molecule has 7 nitrogen and oxygen atoms in total. The SMILES string of the molecule is CCOC(=O)c1ccc(Nc2ncccc2NC(=O)c2ccccn2)cc1. The van der Waals surface area contributed by atoms with E-state index in [1.54, 1.807) is 73.9 Å². The van der Waals surface area contributed by atoms with Crippen molar-refractivity contribution in [3.05, 3.63) is 78.2 Å². The van der Waals surface area contributed by atoms with Gasteiger partial charge >= 0.3 is 5.97 Å². The Kier molecular flexibility index (Phi) is 5.73. The van der Waals surface area contributed by atoms with E-state index in [1.807, 2.05) is 0 Å². The molecule has 3 rings (SSSR count). The highest BCUT2D eigenvalue weighted by atomic mass is 16.5. The van der Waals surface area contributed by atoms with Gasteiger partial charge < -0.3 is 15.4 Å². The van der Waals surface area contributed by atoms with E-state index in [0.717, 1.165) is 5.69 Å². The smallest absolute Gasteiger partial charge is 0.338 e. The molecule has 0 saturated carbocycles. The van der Waals surface area contributed by atoms with Crippen LogP contribution in [-0.4, -0.2) is 28.5 Å². The zero-order valence-corrected chi connectivity index (χ0v) is 14.7.